The van der Waals surface area contributed by atoms with Gasteiger partial charge >= 0.3 is 18.1 Å². The second-order valence-electron chi connectivity index (χ2n) is 12.0. The number of rotatable bonds is 9. The molecule has 50 heavy (non-hydrogen) atoms. The molecule has 1 saturated carbocycles. The number of hydrogen-bond acceptors (Lipinski definition) is 10. The lowest BCUT2D eigenvalue weighted by atomic mass is 9.93. The Hall–Kier alpha value is -5.25. The van der Waals surface area contributed by atoms with Crippen LogP contribution in [-0.4, -0.2) is 61.2 Å². The number of anilines is 2. The third-order valence-electron chi connectivity index (χ3n) is 8.78. The largest absolute Gasteiger partial charge is 0.494 e. The van der Waals surface area contributed by atoms with Crippen LogP contribution in [0.1, 0.15) is 42.5 Å². The van der Waals surface area contributed by atoms with E-state index < -0.39 is 62.9 Å². The molecule has 11 nitrogen and oxygen atoms in total. The maximum absolute atomic E-state index is 14.7. The van der Waals surface area contributed by atoms with Gasteiger partial charge in [0.25, 0.3) is 0 Å². The normalized spacial score (nSPS) is 18.5. The van der Waals surface area contributed by atoms with E-state index in [0.29, 0.717) is 29.3 Å². The molecule has 0 bridgehead atoms. The Morgan fingerprint density at radius 2 is 1.76 bits per heavy atom. The van der Waals surface area contributed by atoms with Gasteiger partial charge in [-0.3, -0.25) is 9.59 Å². The fourth-order valence-electron chi connectivity index (χ4n) is 6.20. The fraction of sp³-hybridized carbons (Fsp3) is 0.294. The van der Waals surface area contributed by atoms with Crippen LogP contribution in [0.3, 0.4) is 0 Å². The van der Waals surface area contributed by atoms with Crippen molar-refractivity contribution in [3.63, 3.8) is 0 Å². The van der Waals surface area contributed by atoms with Crippen LogP contribution in [0.25, 0.3) is 10.8 Å². The first-order chi connectivity index (χ1) is 23.7. The number of halogens is 4. The highest BCUT2D eigenvalue weighted by atomic mass is 32.2. The summed E-state index contributed by atoms with van der Waals surface area (Å²) in [7, 11) is -2.73. The van der Waals surface area contributed by atoms with Gasteiger partial charge in [0.15, 0.2) is 21.4 Å². The van der Waals surface area contributed by atoms with Gasteiger partial charge in [-0.1, -0.05) is 24.3 Å². The summed E-state index contributed by atoms with van der Waals surface area (Å²) in [6.45, 7) is -0.238. The third kappa shape index (κ3) is 6.66. The van der Waals surface area contributed by atoms with Crippen LogP contribution in [0, 0.1) is 11.7 Å². The molecule has 2 heterocycles. The number of benzene rings is 3. The number of methoxy groups -OCH3 is 1. The first kappa shape index (κ1) is 34.6. The van der Waals surface area contributed by atoms with Crippen LogP contribution in [0.5, 0.6) is 5.75 Å². The number of pyridine rings is 1. The number of alkyl halides is 3. The van der Waals surface area contributed by atoms with Crippen molar-refractivity contribution in [1.82, 2.24) is 9.88 Å². The zero-order valence-electron chi connectivity index (χ0n) is 26.3. The molecule has 2 fully saturated rings. The van der Waals surface area contributed by atoms with Gasteiger partial charge in [-0.25, -0.2) is 22.6 Å². The molecule has 4 aromatic rings. The number of nitrogens with two attached hydrogens (primary N) is 1. The molecule has 16 heteroatoms. The Balaban J connectivity index is 1.45. The lowest BCUT2D eigenvalue weighted by Crippen LogP contribution is -2.40. The van der Waals surface area contributed by atoms with Crippen LogP contribution in [0.4, 0.5) is 29.1 Å². The molecular formula is C34H30F4N4O7S. The number of carbonyl (C=O) groups excluding carboxylic acids is 3. The summed E-state index contributed by atoms with van der Waals surface area (Å²) >= 11 is 0. The number of esters is 2. The molecule has 0 spiro atoms. The summed E-state index contributed by atoms with van der Waals surface area (Å²) in [6.07, 6.45) is -3.47. The molecule has 1 amide bonds. The molecule has 3 aromatic carbocycles. The molecule has 0 radical (unpaired) electrons. The molecule has 1 aromatic heterocycles. The highest BCUT2D eigenvalue weighted by Gasteiger charge is 2.50. The number of nitrogens with one attached hydrogen (secondary N) is 1. The summed E-state index contributed by atoms with van der Waals surface area (Å²) in [5, 5.41) is 3.72. The van der Waals surface area contributed by atoms with Crippen molar-refractivity contribution in [2.24, 2.45) is 5.92 Å². The van der Waals surface area contributed by atoms with Crippen molar-refractivity contribution in [3.05, 3.63) is 89.9 Å². The highest BCUT2D eigenvalue weighted by molar-refractivity contribution is 7.92. The molecule has 3 atom stereocenters. The lowest BCUT2D eigenvalue weighted by molar-refractivity contribution is -0.203. The molecule has 3 N–H and O–H groups in total. The molecule has 2 aliphatic rings. The summed E-state index contributed by atoms with van der Waals surface area (Å²) in [6, 6.07) is 13.2. The van der Waals surface area contributed by atoms with Gasteiger partial charge in [0.2, 0.25) is 5.91 Å². The fourth-order valence-corrected chi connectivity index (χ4v) is 8.11. The van der Waals surface area contributed by atoms with Crippen LogP contribution in [0.2, 0.25) is 0 Å². The first-order valence-electron chi connectivity index (χ1n) is 15.4. The van der Waals surface area contributed by atoms with Crippen LogP contribution in [-0.2, 0) is 29.0 Å². The van der Waals surface area contributed by atoms with Gasteiger partial charge in [0.1, 0.15) is 11.9 Å². The van der Waals surface area contributed by atoms with E-state index >= 15 is 0 Å². The number of likely N-dealkylation sites (tertiary alicyclic amines) is 1. The molecular weight excluding hydrogens is 684 g/mol. The predicted octanol–water partition coefficient (Wildman–Crippen LogP) is 5.28. The number of nitrogen functional groups attached to an aromatic ring is 1. The standard InChI is InChI=1S/C34H30F4N4O7S/c1-48-26-17-19(6-11-25(26)35)28(41-20-7-10-22-18(16-20)12-14-40-30(22)39)31(43)42-15-13-24(32(44)49-33(45)34(36,37)38)29(42)23-4-2-3-5-27(23)50(46,47)21-8-9-21/h2-7,10-12,14,16-17,21,24,28-29,41H,8-9,13,15H2,1H3,(H2,39,40)/t24-,28-,29+/m1/s1. The van der Waals surface area contributed by atoms with Crippen LogP contribution in [0.15, 0.2) is 77.8 Å². The van der Waals surface area contributed by atoms with Crippen LogP contribution < -0.4 is 15.8 Å². The van der Waals surface area contributed by atoms with E-state index in [1.165, 1.54) is 54.6 Å². The molecule has 6 rings (SSSR count). The summed E-state index contributed by atoms with van der Waals surface area (Å²) in [5.41, 5.74) is 6.59. The van der Waals surface area contributed by atoms with Gasteiger partial charge in [0, 0.05) is 23.8 Å². The number of carbonyl (C=O) groups is 3. The highest BCUT2D eigenvalue weighted by Crippen LogP contribution is 2.45. The smallest absolute Gasteiger partial charge is 0.491 e. The molecule has 262 valence electrons. The minimum Gasteiger partial charge on any atom is -0.494 e. The van der Waals surface area contributed by atoms with Gasteiger partial charge in [-0.05, 0) is 78.2 Å². The topological polar surface area (TPSA) is 158 Å². The summed E-state index contributed by atoms with van der Waals surface area (Å²) < 4.78 is 90.4. The quantitative estimate of drug-likeness (QED) is 0.133. The van der Waals surface area contributed by atoms with E-state index in [0.717, 1.165) is 6.07 Å². The maximum atomic E-state index is 14.7. The number of ether oxygens (including phenoxy) is 2. The Morgan fingerprint density at radius 3 is 2.46 bits per heavy atom. The van der Waals surface area contributed by atoms with E-state index in [1.54, 1.807) is 24.3 Å². The van der Waals surface area contributed by atoms with Gasteiger partial charge in [-0.15, -0.1) is 0 Å². The molecule has 0 unspecified atom stereocenters. The lowest BCUT2D eigenvalue weighted by Gasteiger charge is -2.33. The van der Waals surface area contributed by atoms with Crippen molar-refractivity contribution in [1.29, 1.82) is 0 Å². The molecule has 1 aliphatic heterocycles. The number of amides is 1. The van der Waals surface area contributed by atoms with Gasteiger partial charge in [0.05, 0.1) is 29.2 Å². The maximum Gasteiger partial charge on any atom is 0.491 e. The van der Waals surface area contributed by atoms with Crippen molar-refractivity contribution in [3.8, 4) is 5.75 Å². The number of fused-ring (bicyclic) bond motifs is 1. The van der Waals surface area contributed by atoms with E-state index in [4.69, 9.17) is 10.5 Å². The Morgan fingerprint density at radius 1 is 1.02 bits per heavy atom. The minimum absolute atomic E-state index is 0.0178. The Labute approximate surface area is 283 Å². The number of aromatic nitrogens is 1. The number of nitrogens with zero attached hydrogens (tertiary/aromatic N) is 2. The van der Waals surface area contributed by atoms with E-state index in [-0.39, 0.29) is 40.6 Å². The first-order valence-corrected chi connectivity index (χ1v) is 17.0. The average molecular weight is 715 g/mol. The Bertz CT molecular complexity index is 2110. The Kier molecular flexibility index (Phi) is 9.15. The second kappa shape index (κ2) is 13.2. The summed E-state index contributed by atoms with van der Waals surface area (Å²) in [4.78, 5) is 44.7. The molecule has 1 saturated heterocycles. The monoisotopic (exact) mass is 714 g/mol. The average Bonchev–Trinajstić information content (AvgIpc) is 3.86. The predicted molar refractivity (Wildman–Crippen MR) is 172 cm³/mol. The summed E-state index contributed by atoms with van der Waals surface area (Å²) in [5.74, 6) is -7.24. The van der Waals surface area contributed by atoms with E-state index in [2.05, 4.69) is 15.0 Å². The second-order valence-corrected chi connectivity index (χ2v) is 14.2. The zero-order chi connectivity index (χ0) is 36.0. The number of sulfone groups is 1. The third-order valence-corrected chi connectivity index (χ3v) is 11.1. The van der Waals surface area contributed by atoms with Gasteiger partial charge < -0.3 is 25.4 Å². The SMILES string of the molecule is COc1cc([C@@H](Nc2ccc3c(N)nccc3c2)C(=O)N2CC[C@@H](C(=O)OC(=O)C(F)(F)F)[C@@H]2c2ccccc2S(=O)(=O)C2CC2)ccc1F. The van der Waals surface area contributed by atoms with Crippen LogP contribution >= 0.6 is 0 Å². The minimum atomic E-state index is -5.48. The molecule has 1 aliphatic carbocycles. The van der Waals surface area contributed by atoms with Crippen molar-refractivity contribution in [2.75, 3.05) is 24.7 Å². The van der Waals surface area contributed by atoms with E-state index in [9.17, 15) is 40.4 Å². The van der Waals surface area contributed by atoms with Crippen molar-refractivity contribution >= 4 is 50.0 Å². The van der Waals surface area contributed by atoms with Crippen molar-refractivity contribution in [2.45, 2.75) is 47.7 Å². The van der Waals surface area contributed by atoms with E-state index in [1.807, 2.05) is 0 Å². The zero-order valence-corrected chi connectivity index (χ0v) is 27.1. The van der Waals surface area contributed by atoms with Crippen molar-refractivity contribution < 1.29 is 49.8 Å². The van der Waals surface area contributed by atoms with Gasteiger partial charge in [-0.2, -0.15) is 13.2 Å². The number of hydrogen-bond donors (Lipinski definition) is 2.